The molecule has 0 aliphatic heterocycles. The van der Waals surface area contributed by atoms with E-state index in [2.05, 4.69) is 15.3 Å². The third-order valence-electron chi connectivity index (χ3n) is 5.08. The fourth-order valence-corrected chi connectivity index (χ4v) is 3.47. The first-order chi connectivity index (χ1) is 31.3. The number of carbonyl (C=O) groups excluding carboxylic acids is 1. The van der Waals surface area contributed by atoms with E-state index in [1.165, 1.54) is 1020 Å². The van der Waals surface area contributed by atoms with E-state index in [0.717, 1.165) is 28.6 Å². The van der Waals surface area contributed by atoms with Crippen molar-refractivity contribution in [1.29, 1.82) is 0 Å². The molecule has 0 saturated carbocycles. The van der Waals surface area contributed by atoms with E-state index >= 15 is 0 Å². The topological polar surface area (TPSA) is 112 Å². The van der Waals surface area contributed by atoms with Crippen LogP contribution in [0.5, 0.6) is 0 Å². The van der Waals surface area contributed by atoms with Gasteiger partial charge >= 0.3 is 1020 Å². The molecule has 0 spiro atoms. The number of hydrogen-bond donors (Lipinski definition) is 1. The predicted octanol–water partition coefficient (Wildman–Crippen LogP) is -7.66. The number of nitro benzene ring substituents is 1. The van der Waals surface area contributed by atoms with Crippen LogP contribution in [0, 0.1) is 22.9 Å². The summed E-state index contributed by atoms with van der Waals surface area (Å²) in [5.41, 5.74) is 2.79. The van der Waals surface area contributed by atoms with E-state index in [4.69, 9.17) is 4.74 Å². The van der Waals surface area contributed by atoms with E-state index in [1.54, 1.807) is 31.3 Å². The summed E-state index contributed by atoms with van der Waals surface area (Å²) in [4.78, 5) is 30.9. The zero-order chi connectivity index (χ0) is 55.0. The Labute approximate surface area is 1110 Å². The molecule has 0 amide bonds. The number of aromatic nitrogens is 3. The van der Waals surface area contributed by atoms with E-state index in [0.29, 0.717) is 22.5 Å². The molecule has 2 aromatic heterocycles. The van der Waals surface area contributed by atoms with Crippen LogP contribution in [0.2, 0.25) is 0 Å². The van der Waals surface area contributed by atoms with E-state index in [9.17, 15) is 19.3 Å². The Hall–Kier alpha value is 48.0. The Morgan fingerprint density at radius 2 is 1.05 bits per heavy atom. The van der Waals surface area contributed by atoms with E-state index in [1.807, 2.05) is 23.9 Å². The van der Waals surface area contributed by atoms with E-state index < -0.39 is 22.4 Å². The molecule has 0 radical (unpaired) electrons. The zero-order valence-corrected chi connectivity index (χ0v) is 149. The van der Waals surface area contributed by atoms with Crippen molar-refractivity contribution < 1.29 is 18.8 Å². The predicted molar refractivity (Wildman–Crippen MR) is 300 cm³/mol. The normalized spacial score (nSPS) is 7.44. The number of nitrogens with one attached hydrogen (secondary N) is 1. The molecule has 64 heavy (non-hydrogen) atoms. The van der Waals surface area contributed by atoms with Gasteiger partial charge in [0.15, 0.2) is 0 Å². The number of nitrogens with zero attached hydrogens (tertiary/aromatic N) is 4. The second-order valence-corrected chi connectivity index (χ2v) is 7.14. The van der Waals surface area contributed by atoms with Crippen LogP contribution in [-0.2, 0) is 11.8 Å². The summed E-state index contributed by atoms with van der Waals surface area (Å²) in [5.74, 6) is -1.17. The third kappa shape index (κ3) is 95.5. The van der Waals surface area contributed by atoms with Crippen molar-refractivity contribution in [3.05, 3.63) is 75.9 Å². The fraction of sp³-hybridized carbons (Fsp3) is 0.136. The Morgan fingerprint density at radius 3 is 1.41 bits per heavy atom. The summed E-state index contributed by atoms with van der Waals surface area (Å²) in [6.45, 7) is 1.62. The fourth-order valence-electron chi connectivity index (χ4n) is 3.47. The molecule has 2 aromatic carbocycles. The minimum atomic E-state index is -0.912. The molecular weight excluding hydrogens is 1670 g/mol. The molecule has 0 fully saturated rings. The van der Waals surface area contributed by atoms with Crippen LogP contribution in [0.15, 0.2) is 48.8 Å². The molecule has 42 heteroatoms. The van der Waals surface area contributed by atoms with Gasteiger partial charge in [-0.15, -0.1) is 0 Å². The standard InChI is InChI=1S/C22H18FN5O4.32K/c1-12-8-16(23)20(28(30)31)10-18(12)26-22-24-7-6-17(25-22)15-11-27(2)19-5-4-13(9-14(15)19)21(29)32-3;;;;;;;;;;;;;;;;;;;;;;;;;;;;;;;;/h4-11H,1-3H3,(H,24,25,26);;;;;;;;;;;;;;;;;;;;;;;;;;;;;;;;. The van der Waals surface area contributed by atoms with Crippen molar-refractivity contribution in [2.75, 3.05) is 12.4 Å². The molecule has 1 N–H and O–H groups in total. The molecule has 0 aliphatic rings. The van der Waals surface area contributed by atoms with Gasteiger partial charge in [-0.3, -0.25) is 10.1 Å². The number of ether oxygens (including phenoxy) is 1. The van der Waals surface area contributed by atoms with Crippen molar-refractivity contribution in [1.82, 2.24) is 14.5 Å². The molecule has 0 aliphatic carbocycles. The Kier molecular flexibility index (Phi) is 302. The van der Waals surface area contributed by atoms with Crippen LogP contribution in [0.4, 0.5) is 21.7 Å². The van der Waals surface area contributed by atoms with Gasteiger partial charge in [-0.25, -0.2) is 14.8 Å². The first kappa shape index (κ1) is 141. The van der Waals surface area contributed by atoms with Crippen molar-refractivity contribution >= 4 is 1040 Å². The van der Waals surface area contributed by atoms with Crippen LogP contribution in [0.25, 0.3) is 22.2 Å². The third-order valence-corrected chi connectivity index (χ3v) is 5.08. The average Bonchev–Trinajstić information content (AvgIpc) is 3.76. The van der Waals surface area contributed by atoms with Crippen molar-refractivity contribution in [3.63, 3.8) is 0 Å². The van der Waals surface area contributed by atoms with Crippen LogP contribution in [0.1, 0.15) is 15.9 Å². The molecule has 0 bridgehead atoms. The van der Waals surface area contributed by atoms with Crippen molar-refractivity contribution in [2.24, 2.45) is 7.05 Å². The first-order valence-electron chi connectivity index (χ1n) is 25.5. The van der Waals surface area contributed by atoms with Crippen LogP contribution >= 0.6 is 0 Å². The molecule has 0 unspecified atom stereocenters. The Bertz CT molecular complexity index is 1450. The number of hydrogen-bond acceptors (Lipinski definition) is 7. The van der Waals surface area contributed by atoms with Crippen LogP contribution < -0.4 is 5.32 Å². The van der Waals surface area contributed by atoms with Gasteiger partial charge in [0.1, 0.15) is 0 Å². The summed E-state index contributed by atoms with van der Waals surface area (Å²) < 4.78 is 20.6. The molecule has 9 nitrogen and oxygen atoms in total. The second-order valence-electron chi connectivity index (χ2n) is 7.14. The number of fused-ring (bicyclic) bond motifs is 1. The number of halogens is 1. The molecule has 4 rings (SSSR count). The molecule has 194 valence electrons. The summed E-state index contributed by atoms with van der Waals surface area (Å²) >= 11 is 40.0. The SMILES string of the molecule is COC(=O)c1ccc2c(c1)c(-c1ccnc(Nc3cc([N+](=O)[O-])c(F)cc3C)n1)cn2C.[K][K].[K][K].[K][K].[K][K].[K][K].[K][K].[K][K].[K][K].[K][K].[K][K].[K][K].[K][K].[K][K].[K][K].[K][K].[K][K]. The van der Waals surface area contributed by atoms with E-state index in [-0.39, 0.29) is 5.95 Å². The number of esters is 1. The Morgan fingerprint density at radius 1 is 0.656 bits per heavy atom. The number of benzene rings is 2. The Balaban J connectivity index is -0.0000000627. The van der Waals surface area contributed by atoms with Gasteiger partial charge in [-0.2, -0.15) is 4.39 Å². The summed E-state index contributed by atoms with van der Waals surface area (Å²) in [7, 11) is 3.20. The first-order valence-corrected chi connectivity index (χ1v) is 282. The number of methoxy groups -OCH3 is 1. The van der Waals surface area contributed by atoms with Gasteiger partial charge in [-0.05, 0) is 42.8 Å². The number of rotatable bonds is 5. The molecule has 0 saturated heterocycles. The molecular formula is C22H18FK32N5O4. The van der Waals surface area contributed by atoms with Gasteiger partial charge in [0, 0.05) is 42.0 Å². The molecule has 4 aromatic rings. The average molecular weight is 1690 g/mol. The summed E-state index contributed by atoms with van der Waals surface area (Å²) in [6, 6.07) is 9.16. The van der Waals surface area contributed by atoms with Gasteiger partial charge in [0.05, 0.1) is 29.0 Å². The quantitative estimate of drug-likeness (QED) is 0.0917. The van der Waals surface area contributed by atoms with Gasteiger partial charge in [0.2, 0.25) is 11.8 Å². The maximum absolute atomic E-state index is 13.8. The summed E-state index contributed by atoms with van der Waals surface area (Å²) in [5, 5.41) is 14.8. The number of carbonyl (C=O) groups is 1. The maximum atomic E-state index is 13.8. The number of nitro groups is 1. The van der Waals surface area contributed by atoms with Crippen LogP contribution in [0.3, 0.4) is 0 Å². The van der Waals surface area contributed by atoms with Gasteiger partial charge in [0.25, 0.3) is 0 Å². The van der Waals surface area contributed by atoms with Crippen molar-refractivity contribution in [3.8, 4) is 11.3 Å². The van der Waals surface area contributed by atoms with Gasteiger partial charge < -0.3 is 14.6 Å². The molecule has 2 heterocycles. The van der Waals surface area contributed by atoms with Gasteiger partial charge in [-0.1, -0.05) is 0 Å². The number of aryl methyl sites for hydroxylation is 2. The van der Waals surface area contributed by atoms with Crippen molar-refractivity contribution in [2.45, 2.75) is 6.92 Å². The monoisotopic (exact) mass is 1680 g/mol. The second kappa shape index (κ2) is 137. The zero-order valence-electron chi connectivity index (χ0n) is 49.4. The number of anilines is 2. The molecule has 0 atom stereocenters. The minimum absolute atomic E-state index is 0.188. The van der Waals surface area contributed by atoms with Crippen LogP contribution in [-0.4, -0.2) is 1040 Å². The summed E-state index contributed by atoms with van der Waals surface area (Å²) in [6.07, 6.45) is 3.42.